The van der Waals surface area contributed by atoms with Gasteiger partial charge in [-0.15, -0.1) is 13.2 Å². The quantitative estimate of drug-likeness (QED) is 0.149. The van der Waals surface area contributed by atoms with E-state index < -0.39 is 0 Å². The molecule has 0 spiro atoms. The fourth-order valence-corrected chi connectivity index (χ4v) is 5.67. The predicted molar refractivity (Wildman–Crippen MR) is 214 cm³/mol. The lowest BCUT2D eigenvalue weighted by atomic mass is 9.77. The third-order valence-electron chi connectivity index (χ3n) is 8.70. The van der Waals surface area contributed by atoms with Crippen LogP contribution in [0.3, 0.4) is 0 Å². The average Bonchev–Trinajstić information content (AvgIpc) is 3.08. The Morgan fingerprint density at radius 3 is 1.90 bits per heavy atom. The topological polar surface area (TPSA) is 32.7 Å². The summed E-state index contributed by atoms with van der Waals surface area (Å²) in [6, 6.07) is 25.9. The van der Waals surface area contributed by atoms with Crippen molar-refractivity contribution in [2.45, 2.75) is 100 Å². The number of ether oxygens (including phenoxy) is 1. The van der Waals surface area contributed by atoms with E-state index in [4.69, 9.17) is 4.74 Å². The summed E-state index contributed by atoms with van der Waals surface area (Å²) < 4.78 is 5.26. The zero-order chi connectivity index (χ0) is 35.9. The van der Waals surface area contributed by atoms with Gasteiger partial charge in [0.1, 0.15) is 0 Å². The number of morpholine rings is 1. The molecule has 0 amide bonds. The Hall–Kier alpha value is -3.40. The second-order valence-corrected chi connectivity index (χ2v) is 12.9. The van der Waals surface area contributed by atoms with Crippen LogP contribution in [0, 0.1) is 19.8 Å². The molecule has 3 heteroatoms. The number of aryl methyl sites for hydroxylation is 2. The Morgan fingerprint density at radius 2 is 1.44 bits per heavy atom. The van der Waals surface area contributed by atoms with Crippen LogP contribution in [0.25, 0.3) is 17.2 Å². The van der Waals surface area contributed by atoms with Crippen LogP contribution in [0.1, 0.15) is 120 Å². The van der Waals surface area contributed by atoms with E-state index in [1.54, 1.807) is 6.92 Å². The predicted octanol–water partition coefficient (Wildman–Crippen LogP) is 12.7. The van der Waals surface area contributed by atoms with Gasteiger partial charge in [0.25, 0.3) is 0 Å². The van der Waals surface area contributed by atoms with Crippen molar-refractivity contribution in [3.63, 3.8) is 0 Å². The number of aliphatic hydroxyl groups is 1. The fraction of sp³-hybridized carbons (Fsp3) is 0.467. The van der Waals surface area contributed by atoms with Crippen molar-refractivity contribution in [1.82, 2.24) is 4.90 Å². The minimum Gasteiger partial charge on any atom is -0.513 e. The maximum Gasteiger partial charge on any atom is 0.0897 e. The largest absolute Gasteiger partial charge is 0.513 e. The monoisotopic (exact) mass is 654 g/mol. The summed E-state index contributed by atoms with van der Waals surface area (Å²) in [7, 11) is 0. The maximum absolute atomic E-state index is 9.85. The lowest BCUT2D eigenvalue weighted by molar-refractivity contribution is 0.0360. The molecule has 0 unspecified atom stereocenters. The van der Waals surface area contributed by atoms with E-state index in [9.17, 15) is 5.11 Å². The summed E-state index contributed by atoms with van der Waals surface area (Å²) in [5, 5.41) is 9.85. The van der Waals surface area contributed by atoms with Crippen molar-refractivity contribution in [3.8, 4) is 0 Å². The Morgan fingerprint density at radius 1 is 0.875 bits per heavy atom. The van der Waals surface area contributed by atoms with Gasteiger partial charge in [0, 0.05) is 13.1 Å². The van der Waals surface area contributed by atoms with E-state index in [-0.39, 0.29) is 0 Å². The van der Waals surface area contributed by atoms with Gasteiger partial charge < -0.3 is 9.84 Å². The zero-order valence-corrected chi connectivity index (χ0v) is 31.9. The van der Waals surface area contributed by atoms with E-state index in [1.165, 1.54) is 76.8 Å². The SMILES string of the molecule is C=C.CC.CC(C)CCN1CCOCC1.CC/C(=C(\C)c1ccc(C)cc1)c1ccc(C2CCC2)c(/C=C(\C)O)c1.Cc1ccccc1. The van der Waals surface area contributed by atoms with E-state index in [0.29, 0.717) is 11.7 Å². The van der Waals surface area contributed by atoms with Crippen molar-refractivity contribution in [3.05, 3.63) is 125 Å². The number of hydrogen-bond acceptors (Lipinski definition) is 3. The van der Waals surface area contributed by atoms with Crippen LogP contribution in [0.2, 0.25) is 0 Å². The molecule has 0 bridgehead atoms. The summed E-state index contributed by atoms with van der Waals surface area (Å²) in [4.78, 5) is 2.49. The van der Waals surface area contributed by atoms with Crippen LogP contribution in [0.4, 0.5) is 0 Å². The molecule has 1 saturated carbocycles. The van der Waals surface area contributed by atoms with E-state index in [0.717, 1.165) is 38.6 Å². The Balaban J connectivity index is 0.000000428. The van der Waals surface area contributed by atoms with Crippen LogP contribution >= 0.6 is 0 Å². The Kier molecular flexibility index (Phi) is 21.9. The van der Waals surface area contributed by atoms with Crippen LogP contribution in [0.5, 0.6) is 0 Å². The number of aliphatic hydroxyl groups excluding tert-OH is 1. The summed E-state index contributed by atoms with van der Waals surface area (Å²) in [6.45, 7) is 30.3. The summed E-state index contributed by atoms with van der Waals surface area (Å²) in [6.07, 6.45) is 8.09. The van der Waals surface area contributed by atoms with Crippen molar-refractivity contribution in [1.29, 1.82) is 0 Å². The molecule has 0 aromatic heterocycles. The highest BCUT2D eigenvalue weighted by molar-refractivity contribution is 5.90. The standard InChI is InChI=1S/C25H30O.C9H19NO.C7H8.C2H6.C2H4/c1-5-24(19(4)20-11-9-17(2)10-12-20)22-13-14-25(21-7-6-8-21)23(16-22)15-18(3)26;1-9(2)3-4-10-5-7-11-8-6-10;1-7-5-3-2-4-6-7;2*1-2/h9-16,21,26H,5-8H2,1-4H3;9H,3-8H2,1-2H3;2-6H,1H3;1-2H3;1-2H2/b18-15+,24-19-;;;;. The molecule has 1 aliphatic heterocycles. The van der Waals surface area contributed by atoms with Gasteiger partial charge in [0.05, 0.1) is 19.0 Å². The van der Waals surface area contributed by atoms with Gasteiger partial charge in [-0.2, -0.15) is 0 Å². The number of allylic oxidation sites excluding steroid dienone is 3. The third kappa shape index (κ3) is 15.7. The highest BCUT2D eigenvalue weighted by Gasteiger charge is 2.22. The molecular weight excluding hydrogens is 587 g/mol. The Labute approximate surface area is 295 Å². The van der Waals surface area contributed by atoms with Crippen molar-refractivity contribution >= 4 is 17.2 Å². The van der Waals surface area contributed by atoms with Gasteiger partial charge in [-0.25, -0.2) is 0 Å². The number of nitrogens with zero attached hydrogens (tertiary/aromatic N) is 1. The van der Waals surface area contributed by atoms with Crippen molar-refractivity contribution in [2.24, 2.45) is 5.92 Å². The number of benzene rings is 3. The molecule has 2 aliphatic rings. The molecule has 264 valence electrons. The third-order valence-corrected chi connectivity index (χ3v) is 8.70. The van der Waals surface area contributed by atoms with Crippen molar-refractivity contribution in [2.75, 3.05) is 32.8 Å². The van der Waals surface area contributed by atoms with Crippen LogP contribution in [0.15, 0.2) is 91.7 Å². The van der Waals surface area contributed by atoms with E-state index >= 15 is 0 Å². The first-order valence-electron chi connectivity index (χ1n) is 18.3. The lowest BCUT2D eigenvalue weighted by Gasteiger charge is -2.28. The molecule has 0 radical (unpaired) electrons. The molecule has 3 nitrogen and oxygen atoms in total. The number of rotatable bonds is 8. The van der Waals surface area contributed by atoms with E-state index in [1.807, 2.05) is 38.1 Å². The molecular formula is C45H67NO2. The van der Waals surface area contributed by atoms with Crippen molar-refractivity contribution < 1.29 is 9.84 Å². The van der Waals surface area contributed by atoms with Gasteiger partial charge in [-0.05, 0) is 117 Å². The molecule has 48 heavy (non-hydrogen) atoms. The van der Waals surface area contributed by atoms with Gasteiger partial charge >= 0.3 is 0 Å². The first-order valence-corrected chi connectivity index (χ1v) is 18.3. The van der Waals surface area contributed by atoms with Gasteiger partial charge in [0.15, 0.2) is 0 Å². The molecule has 5 rings (SSSR count). The fourth-order valence-electron chi connectivity index (χ4n) is 5.67. The molecule has 1 saturated heterocycles. The molecule has 1 heterocycles. The number of hydrogen-bond donors (Lipinski definition) is 1. The second-order valence-electron chi connectivity index (χ2n) is 12.9. The van der Waals surface area contributed by atoms with Gasteiger partial charge in [0.2, 0.25) is 0 Å². The smallest absolute Gasteiger partial charge is 0.0897 e. The summed E-state index contributed by atoms with van der Waals surface area (Å²) in [5.74, 6) is 1.86. The van der Waals surface area contributed by atoms with Crippen LogP contribution in [-0.2, 0) is 4.74 Å². The molecule has 3 aromatic carbocycles. The lowest BCUT2D eigenvalue weighted by Crippen LogP contribution is -2.37. The molecule has 1 N–H and O–H groups in total. The average molecular weight is 654 g/mol. The highest BCUT2D eigenvalue weighted by Crippen LogP contribution is 2.40. The molecule has 3 aromatic rings. The molecule has 1 aliphatic carbocycles. The minimum atomic E-state index is 0.375. The van der Waals surface area contributed by atoms with Crippen LogP contribution < -0.4 is 0 Å². The summed E-state index contributed by atoms with van der Waals surface area (Å²) in [5.41, 5.74) is 10.4. The molecule has 0 atom stereocenters. The zero-order valence-electron chi connectivity index (χ0n) is 31.9. The van der Waals surface area contributed by atoms with Gasteiger partial charge in [-0.1, -0.05) is 119 Å². The minimum absolute atomic E-state index is 0.375. The highest BCUT2D eigenvalue weighted by atomic mass is 16.5. The first kappa shape index (κ1) is 42.6. The first-order chi connectivity index (χ1) is 23.2. The van der Waals surface area contributed by atoms with E-state index in [2.05, 4.69) is 114 Å². The Bertz CT molecular complexity index is 1320. The second kappa shape index (κ2) is 24.7. The summed E-state index contributed by atoms with van der Waals surface area (Å²) >= 11 is 0. The van der Waals surface area contributed by atoms with Gasteiger partial charge in [-0.3, -0.25) is 4.90 Å². The maximum atomic E-state index is 9.85. The molecule has 2 fully saturated rings. The normalized spacial score (nSPS) is 15.1. The van der Waals surface area contributed by atoms with Crippen LogP contribution in [-0.4, -0.2) is 42.9 Å².